The fourth-order valence-corrected chi connectivity index (χ4v) is 3.90. The molecule has 2 amide bonds. The number of benzene rings is 2. The SMILES string of the molecule is CCOC(=O)COc1ccc(/C=C2\SC(=O)N(CCOc3cccc(C)c3)C2=O)cc1OC. The lowest BCUT2D eigenvalue weighted by atomic mass is 10.2. The van der Waals surface area contributed by atoms with Crippen LogP contribution < -0.4 is 14.2 Å². The summed E-state index contributed by atoms with van der Waals surface area (Å²) < 4.78 is 21.3. The third-order valence-electron chi connectivity index (χ3n) is 4.58. The van der Waals surface area contributed by atoms with E-state index in [1.807, 2.05) is 31.2 Å². The predicted molar refractivity (Wildman–Crippen MR) is 124 cm³/mol. The molecular formula is C24H25NO7S. The molecule has 1 fully saturated rings. The topological polar surface area (TPSA) is 91.4 Å². The fourth-order valence-electron chi connectivity index (χ4n) is 3.04. The minimum Gasteiger partial charge on any atom is -0.493 e. The number of imide groups is 1. The van der Waals surface area contributed by atoms with E-state index < -0.39 is 5.97 Å². The maximum Gasteiger partial charge on any atom is 0.344 e. The first kappa shape index (κ1) is 24.2. The second-order valence-corrected chi connectivity index (χ2v) is 8.00. The summed E-state index contributed by atoms with van der Waals surface area (Å²) in [6.45, 7) is 4.06. The average Bonchev–Trinajstić information content (AvgIpc) is 3.05. The van der Waals surface area contributed by atoms with Gasteiger partial charge < -0.3 is 18.9 Å². The van der Waals surface area contributed by atoms with Gasteiger partial charge in [0.2, 0.25) is 0 Å². The molecule has 2 aromatic rings. The first-order valence-electron chi connectivity index (χ1n) is 10.3. The van der Waals surface area contributed by atoms with E-state index in [0.29, 0.717) is 27.7 Å². The van der Waals surface area contributed by atoms with Crippen molar-refractivity contribution in [2.45, 2.75) is 13.8 Å². The van der Waals surface area contributed by atoms with E-state index in [9.17, 15) is 14.4 Å². The molecule has 1 heterocycles. The van der Waals surface area contributed by atoms with E-state index in [1.165, 1.54) is 12.0 Å². The standard InChI is InChI=1S/C24H25NO7S/c1-4-30-22(26)15-32-19-9-8-17(13-20(19)29-3)14-21-23(27)25(24(28)33-21)10-11-31-18-7-5-6-16(2)12-18/h5-9,12-14H,4,10-11,15H2,1-3H3/b21-14-. The molecule has 0 saturated carbocycles. The van der Waals surface area contributed by atoms with Crippen molar-refractivity contribution in [2.75, 3.05) is 33.5 Å². The van der Waals surface area contributed by atoms with Gasteiger partial charge in [-0.15, -0.1) is 0 Å². The molecule has 0 N–H and O–H groups in total. The molecule has 1 aliphatic rings. The molecule has 0 unspecified atom stereocenters. The van der Waals surface area contributed by atoms with Gasteiger partial charge in [0.05, 0.1) is 25.2 Å². The Balaban J connectivity index is 1.63. The van der Waals surface area contributed by atoms with Crippen LogP contribution in [0.4, 0.5) is 4.79 Å². The van der Waals surface area contributed by atoms with Crippen molar-refractivity contribution in [1.29, 1.82) is 0 Å². The van der Waals surface area contributed by atoms with Crippen LogP contribution in [0.3, 0.4) is 0 Å². The third-order valence-corrected chi connectivity index (χ3v) is 5.49. The Hall–Kier alpha value is -3.46. The lowest BCUT2D eigenvalue weighted by molar-refractivity contribution is -0.145. The van der Waals surface area contributed by atoms with Gasteiger partial charge in [0.15, 0.2) is 18.1 Å². The Labute approximate surface area is 196 Å². The van der Waals surface area contributed by atoms with E-state index in [0.717, 1.165) is 17.3 Å². The number of carbonyl (C=O) groups is 3. The lowest BCUT2D eigenvalue weighted by Gasteiger charge is -2.13. The number of methoxy groups -OCH3 is 1. The van der Waals surface area contributed by atoms with Crippen molar-refractivity contribution >= 4 is 35.0 Å². The Morgan fingerprint density at radius 2 is 1.91 bits per heavy atom. The summed E-state index contributed by atoms with van der Waals surface area (Å²) in [5, 5.41) is -0.347. The summed E-state index contributed by atoms with van der Waals surface area (Å²) in [7, 11) is 1.47. The lowest BCUT2D eigenvalue weighted by Crippen LogP contribution is -2.32. The van der Waals surface area contributed by atoms with E-state index in [4.69, 9.17) is 18.9 Å². The molecule has 9 heteroatoms. The molecule has 0 atom stereocenters. The van der Waals surface area contributed by atoms with Crippen molar-refractivity contribution in [3.63, 3.8) is 0 Å². The van der Waals surface area contributed by atoms with Gasteiger partial charge in [-0.1, -0.05) is 18.2 Å². The van der Waals surface area contributed by atoms with Gasteiger partial charge in [-0.2, -0.15) is 0 Å². The average molecular weight is 472 g/mol. The van der Waals surface area contributed by atoms with Crippen LogP contribution in [0.2, 0.25) is 0 Å². The quantitative estimate of drug-likeness (QED) is 0.378. The number of ether oxygens (including phenoxy) is 4. The second-order valence-electron chi connectivity index (χ2n) is 7.00. The number of rotatable bonds is 10. The largest absolute Gasteiger partial charge is 0.493 e. The smallest absolute Gasteiger partial charge is 0.344 e. The Morgan fingerprint density at radius 1 is 1.09 bits per heavy atom. The number of esters is 1. The van der Waals surface area contributed by atoms with Crippen molar-refractivity contribution in [1.82, 2.24) is 4.90 Å². The molecule has 2 aromatic carbocycles. The summed E-state index contributed by atoms with van der Waals surface area (Å²) in [5.74, 6) is 0.584. The van der Waals surface area contributed by atoms with Crippen LogP contribution in [-0.2, 0) is 14.3 Å². The summed E-state index contributed by atoms with van der Waals surface area (Å²) in [4.78, 5) is 38.0. The fraction of sp³-hybridized carbons (Fsp3) is 0.292. The van der Waals surface area contributed by atoms with Crippen molar-refractivity contribution in [2.24, 2.45) is 0 Å². The molecule has 0 aliphatic carbocycles. The second kappa shape index (κ2) is 11.4. The van der Waals surface area contributed by atoms with Gasteiger partial charge in [-0.05, 0) is 67.1 Å². The molecule has 3 rings (SSSR count). The Morgan fingerprint density at radius 3 is 2.64 bits per heavy atom. The molecule has 1 aliphatic heterocycles. The highest BCUT2D eigenvalue weighted by Gasteiger charge is 2.34. The molecule has 33 heavy (non-hydrogen) atoms. The maximum atomic E-state index is 12.7. The van der Waals surface area contributed by atoms with Gasteiger partial charge in [0.1, 0.15) is 12.4 Å². The molecule has 0 aromatic heterocycles. The van der Waals surface area contributed by atoms with E-state index >= 15 is 0 Å². The Kier molecular flexibility index (Phi) is 8.37. The van der Waals surface area contributed by atoms with Crippen molar-refractivity contribution in [3.05, 3.63) is 58.5 Å². The highest BCUT2D eigenvalue weighted by molar-refractivity contribution is 8.18. The molecule has 1 saturated heterocycles. The number of aryl methyl sites for hydroxylation is 1. The monoisotopic (exact) mass is 471 g/mol. The van der Waals surface area contributed by atoms with Crippen LogP contribution in [0.15, 0.2) is 47.4 Å². The molecule has 174 valence electrons. The van der Waals surface area contributed by atoms with Gasteiger partial charge in [0, 0.05) is 0 Å². The van der Waals surface area contributed by atoms with E-state index in [1.54, 1.807) is 31.2 Å². The number of hydrogen-bond acceptors (Lipinski definition) is 8. The molecule has 8 nitrogen and oxygen atoms in total. The van der Waals surface area contributed by atoms with Gasteiger partial charge >= 0.3 is 5.97 Å². The predicted octanol–water partition coefficient (Wildman–Crippen LogP) is 4.06. The van der Waals surface area contributed by atoms with Crippen molar-refractivity contribution < 1.29 is 33.3 Å². The van der Waals surface area contributed by atoms with Crippen LogP contribution in [0.5, 0.6) is 17.2 Å². The number of nitrogens with zero attached hydrogens (tertiary/aromatic N) is 1. The minimum absolute atomic E-state index is 0.153. The van der Waals surface area contributed by atoms with Crippen LogP contribution >= 0.6 is 11.8 Å². The normalized spacial score (nSPS) is 14.5. The number of amides is 2. The van der Waals surface area contributed by atoms with Crippen LogP contribution in [0.25, 0.3) is 6.08 Å². The number of thioether (sulfide) groups is 1. The highest BCUT2D eigenvalue weighted by Crippen LogP contribution is 2.34. The van der Waals surface area contributed by atoms with E-state index in [2.05, 4.69) is 0 Å². The van der Waals surface area contributed by atoms with Crippen LogP contribution in [0, 0.1) is 6.92 Å². The summed E-state index contributed by atoms with van der Waals surface area (Å²) in [5.41, 5.74) is 1.71. The minimum atomic E-state index is -0.483. The zero-order valence-electron chi connectivity index (χ0n) is 18.7. The molecule has 0 bridgehead atoms. The number of carbonyl (C=O) groups excluding carboxylic acids is 3. The molecular weight excluding hydrogens is 446 g/mol. The third kappa shape index (κ3) is 6.52. The highest BCUT2D eigenvalue weighted by atomic mass is 32.2. The van der Waals surface area contributed by atoms with Crippen LogP contribution in [-0.4, -0.2) is 55.5 Å². The zero-order valence-corrected chi connectivity index (χ0v) is 19.5. The van der Waals surface area contributed by atoms with E-state index in [-0.39, 0.29) is 37.5 Å². The van der Waals surface area contributed by atoms with Gasteiger partial charge in [-0.25, -0.2) is 4.79 Å². The van der Waals surface area contributed by atoms with Gasteiger partial charge in [-0.3, -0.25) is 14.5 Å². The summed E-state index contributed by atoms with van der Waals surface area (Å²) in [6, 6.07) is 12.6. The van der Waals surface area contributed by atoms with Gasteiger partial charge in [0.25, 0.3) is 11.1 Å². The first-order valence-corrected chi connectivity index (χ1v) is 11.1. The summed E-state index contributed by atoms with van der Waals surface area (Å²) >= 11 is 0.872. The summed E-state index contributed by atoms with van der Waals surface area (Å²) in [6.07, 6.45) is 1.62. The first-order chi connectivity index (χ1) is 15.9. The maximum absolute atomic E-state index is 12.7. The number of hydrogen-bond donors (Lipinski definition) is 0. The Bertz CT molecular complexity index is 1070. The molecule has 0 radical (unpaired) electrons. The zero-order chi connectivity index (χ0) is 23.8. The van der Waals surface area contributed by atoms with Crippen molar-refractivity contribution in [3.8, 4) is 17.2 Å². The molecule has 0 spiro atoms. The van der Waals surface area contributed by atoms with Crippen LogP contribution in [0.1, 0.15) is 18.1 Å².